The Hall–Kier alpha value is -3.06. The molecule has 0 aliphatic rings. The van der Waals surface area contributed by atoms with E-state index in [2.05, 4.69) is 10.6 Å². The molecule has 0 bridgehead atoms. The van der Waals surface area contributed by atoms with E-state index in [4.69, 9.17) is 21.1 Å². The second-order valence-electron chi connectivity index (χ2n) is 5.63. The van der Waals surface area contributed by atoms with Crippen LogP contribution in [0.15, 0.2) is 48.5 Å². The lowest BCUT2D eigenvalue weighted by atomic mass is 10.2. The maximum Gasteiger partial charge on any atom is 0.347 e. The van der Waals surface area contributed by atoms with Crippen LogP contribution in [0.5, 0.6) is 5.75 Å². The van der Waals surface area contributed by atoms with Gasteiger partial charge >= 0.3 is 5.97 Å². The molecule has 0 unspecified atom stereocenters. The van der Waals surface area contributed by atoms with Gasteiger partial charge in [0.25, 0.3) is 5.91 Å². The second-order valence-corrected chi connectivity index (χ2v) is 6.07. The van der Waals surface area contributed by atoms with Crippen molar-refractivity contribution in [1.29, 1.82) is 0 Å². The third-order valence-electron chi connectivity index (χ3n) is 3.27. The first-order valence-electron chi connectivity index (χ1n) is 8.10. The van der Waals surface area contributed by atoms with Crippen molar-refractivity contribution in [3.8, 4) is 5.75 Å². The summed E-state index contributed by atoms with van der Waals surface area (Å²) in [6.07, 6.45) is -0.887. The number of benzene rings is 2. The summed E-state index contributed by atoms with van der Waals surface area (Å²) in [7, 11) is 0. The summed E-state index contributed by atoms with van der Waals surface area (Å²) >= 11 is 5.78. The van der Waals surface area contributed by atoms with Crippen molar-refractivity contribution in [2.45, 2.75) is 20.0 Å². The molecule has 0 saturated heterocycles. The Labute approximate surface area is 161 Å². The van der Waals surface area contributed by atoms with Crippen molar-refractivity contribution in [2.75, 3.05) is 17.2 Å². The molecule has 2 amide bonds. The van der Waals surface area contributed by atoms with E-state index < -0.39 is 24.6 Å². The zero-order valence-electron chi connectivity index (χ0n) is 14.8. The molecule has 8 heteroatoms. The smallest absolute Gasteiger partial charge is 0.347 e. The van der Waals surface area contributed by atoms with Crippen LogP contribution >= 0.6 is 11.6 Å². The van der Waals surface area contributed by atoms with Gasteiger partial charge < -0.3 is 20.1 Å². The van der Waals surface area contributed by atoms with Gasteiger partial charge in [-0.1, -0.05) is 17.7 Å². The minimum absolute atomic E-state index is 0.220. The molecule has 0 aliphatic heterocycles. The fourth-order valence-corrected chi connectivity index (χ4v) is 2.22. The quantitative estimate of drug-likeness (QED) is 0.708. The molecular weight excluding hydrogens is 372 g/mol. The predicted octanol–water partition coefficient (Wildman–Crippen LogP) is 3.25. The number of nitrogens with one attached hydrogen (secondary N) is 2. The first-order chi connectivity index (χ1) is 12.8. The van der Waals surface area contributed by atoms with Gasteiger partial charge in [-0.05, 0) is 49.4 Å². The molecule has 27 heavy (non-hydrogen) atoms. The topological polar surface area (TPSA) is 93.7 Å². The van der Waals surface area contributed by atoms with Crippen LogP contribution < -0.4 is 15.4 Å². The van der Waals surface area contributed by atoms with Crippen molar-refractivity contribution >= 4 is 40.8 Å². The van der Waals surface area contributed by atoms with Gasteiger partial charge in [0.05, 0.1) is 0 Å². The Morgan fingerprint density at radius 3 is 2.30 bits per heavy atom. The largest absolute Gasteiger partial charge is 0.479 e. The van der Waals surface area contributed by atoms with Gasteiger partial charge in [-0.2, -0.15) is 0 Å². The average Bonchev–Trinajstić information content (AvgIpc) is 2.61. The van der Waals surface area contributed by atoms with E-state index in [1.807, 2.05) is 0 Å². The summed E-state index contributed by atoms with van der Waals surface area (Å²) in [4.78, 5) is 34.9. The summed E-state index contributed by atoms with van der Waals surface area (Å²) in [5, 5.41) is 5.75. The standard InChI is InChI=1S/C19H19ClN2O5/c1-12(27-17-8-6-14(20)7-9-17)19(25)26-11-18(24)22-16-5-3-4-15(10-16)21-13(2)23/h3-10,12H,11H2,1-2H3,(H,21,23)(H,22,24)/t12-/m0/s1. The average molecular weight is 391 g/mol. The molecule has 2 N–H and O–H groups in total. The molecule has 2 aromatic carbocycles. The number of carbonyl (C=O) groups is 3. The number of anilines is 2. The van der Waals surface area contributed by atoms with Gasteiger partial charge in [0, 0.05) is 23.3 Å². The van der Waals surface area contributed by atoms with E-state index >= 15 is 0 Å². The van der Waals surface area contributed by atoms with Gasteiger partial charge in [-0.25, -0.2) is 4.79 Å². The number of esters is 1. The Bertz CT molecular complexity index is 823. The number of halogens is 1. The van der Waals surface area contributed by atoms with Gasteiger partial charge in [-0.15, -0.1) is 0 Å². The van der Waals surface area contributed by atoms with Crippen LogP contribution in [0.2, 0.25) is 5.02 Å². The SMILES string of the molecule is CC(=O)Nc1cccc(NC(=O)COC(=O)[C@H](C)Oc2ccc(Cl)cc2)c1. The molecule has 7 nitrogen and oxygen atoms in total. The van der Waals surface area contributed by atoms with E-state index in [1.54, 1.807) is 48.5 Å². The van der Waals surface area contributed by atoms with E-state index in [9.17, 15) is 14.4 Å². The van der Waals surface area contributed by atoms with Gasteiger partial charge in [0.2, 0.25) is 5.91 Å². The van der Waals surface area contributed by atoms with Gasteiger partial charge in [0.1, 0.15) is 5.75 Å². The molecule has 0 fully saturated rings. The Morgan fingerprint density at radius 2 is 1.67 bits per heavy atom. The molecule has 0 spiro atoms. The van der Waals surface area contributed by atoms with Crippen molar-refractivity contribution in [3.63, 3.8) is 0 Å². The molecule has 2 aromatic rings. The van der Waals surface area contributed by atoms with Crippen LogP contribution in [0.25, 0.3) is 0 Å². The fraction of sp³-hybridized carbons (Fsp3) is 0.211. The molecule has 2 rings (SSSR count). The maximum absolute atomic E-state index is 11.9. The van der Waals surface area contributed by atoms with Crippen LogP contribution in [-0.2, 0) is 19.1 Å². The Balaban J connectivity index is 1.81. The zero-order chi connectivity index (χ0) is 19.8. The second kappa shape index (κ2) is 9.59. The zero-order valence-corrected chi connectivity index (χ0v) is 15.6. The normalized spacial score (nSPS) is 11.2. The first-order valence-corrected chi connectivity index (χ1v) is 8.47. The number of hydrogen-bond donors (Lipinski definition) is 2. The fourth-order valence-electron chi connectivity index (χ4n) is 2.09. The summed E-state index contributed by atoms with van der Waals surface area (Å²) in [6.45, 7) is 2.45. The monoisotopic (exact) mass is 390 g/mol. The number of rotatable bonds is 7. The lowest BCUT2D eigenvalue weighted by molar-refractivity contribution is -0.153. The minimum Gasteiger partial charge on any atom is -0.479 e. The van der Waals surface area contributed by atoms with Crippen molar-refractivity contribution in [3.05, 3.63) is 53.6 Å². The number of ether oxygens (including phenoxy) is 2. The van der Waals surface area contributed by atoms with E-state index in [0.717, 1.165) is 0 Å². The molecule has 0 saturated carbocycles. The highest BCUT2D eigenvalue weighted by Crippen LogP contribution is 2.17. The van der Waals surface area contributed by atoms with E-state index in [1.165, 1.54) is 13.8 Å². The molecule has 142 valence electrons. The van der Waals surface area contributed by atoms with E-state index in [-0.39, 0.29) is 5.91 Å². The number of amides is 2. The molecule has 0 heterocycles. The van der Waals surface area contributed by atoms with Crippen LogP contribution in [-0.4, -0.2) is 30.5 Å². The van der Waals surface area contributed by atoms with Crippen LogP contribution in [0.4, 0.5) is 11.4 Å². The summed E-state index contributed by atoms with van der Waals surface area (Å²) in [5.41, 5.74) is 1.01. The predicted molar refractivity (Wildman–Crippen MR) is 102 cm³/mol. The highest BCUT2D eigenvalue weighted by Gasteiger charge is 2.18. The number of carbonyl (C=O) groups excluding carboxylic acids is 3. The minimum atomic E-state index is -0.887. The molecule has 0 radical (unpaired) electrons. The van der Waals surface area contributed by atoms with Gasteiger partial charge in [0.15, 0.2) is 12.7 Å². The lowest BCUT2D eigenvalue weighted by Crippen LogP contribution is -2.29. The highest BCUT2D eigenvalue weighted by atomic mass is 35.5. The maximum atomic E-state index is 11.9. The summed E-state index contributed by atoms with van der Waals surface area (Å²) < 4.78 is 10.4. The van der Waals surface area contributed by atoms with Crippen molar-refractivity contribution < 1.29 is 23.9 Å². The van der Waals surface area contributed by atoms with Gasteiger partial charge in [-0.3, -0.25) is 9.59 Å². The van der Waals surface area contributed by atoms with E-state index in [0.29, 0.717) is 22.1 Å². The lowest BCUT2D eigenvalue weighted by Gasteiger charge is -2.14. The van der Waals surface area contributed by atoms with Crippen LogP contribution in [0.3, 0.4) is 0 Å². The summed E-state index contributed by atoms with van der Waals surface area (Å²) in [6, 6.07) is 13.1. The Kier molecular flexibility index (Phi) is 7.19. The molecule has 0 aliphatic carbocycles. The Morgan fingerprint density at radius 1 is 1.04 bits per heavy atom. The van der Waals surface area contributed by atoms with Crippen LogP contribution in [0.1, 0.15) is 13.8 Å². The number of hydrogen-bond acceptors (Lipinski definition) is 5. The van der Waals surface area contributed by atoms with Crippen molar-refractivity contribution in [1.82, 2.24) is 0 Å². The van der Waals surface area contributed by atoms with Crippen LogP contribution in [0, 0.1) is 0 Å². The van der Waals surface area contributed by atoms with Crippen molar-refractivity contribution in [2.24, 2.45) is 0 Å². The molecule has 0 aromatic heterocycles. The first kappa shape index (κ1) is 20.3. The highest BCUT2D eigenvalue weighted by molar-refractivity contribution is 6.30. The summed E-state index contributed by atoms with van der Waals surface area (Å²) in [5.74, 6) is -0.945. The molecule has 1 atom stereocenters. The third-order valence-corrected chi connectivity index (χ3v) is 3.52. The molecular formula is C19H19ClN2O5. The third kappa shape index (κ3) is 6.99.